The van der Waals surface area contributed by atoms with E-state index in [9.17, 15) is 22.0 Å². The largest absolute Gasteiger partial charge is 0.298 e. The van der Waals surface area contributed by atoms with Gasteiger partial charge in [-0.15, -0.1) is 11.3 Å². The van der Waals surface area contributed by atoms with Crippen molar-refractivity contribution in [2.75, 3.05) is 5.32 Å². The maximum atomic E-state index is 13.9. The van der Waals surface area contributed by atoms with Crippen LogP contribution in [0, 0.1) is 11.6 Å². The van der Waals surface area contributed by atoms with Crippen LogP contribution in [0.4, 0.5) is 13.9 Å². The monoisotopic (exact) mass is 422 g/mol. The smallest absolute Gasteiger partial charge is 0.258 e. The third-order valence-corrected chi connectivity index (χ3v) is 6.96. The zero-order chi connectivity index (χ0) is 20.5. The van der Waals surface area contributed by atoms with Crippen molar-refractivity contribution in [2.24, 2.45) is 0 Å². The average Bonchev–Trinajstić information content (AvgIpc) is 3.11. The minimum atomic E-state index is -3.66. The van der Waals surface area contributed by atoms with Gasteiger partial charge in [0.2, 0.25) is 0 Å². The van der Waals surface area contributed by atoms with Crippen molar-refractivity contribution in [3.05, 3.63) is 65.0 Å². The summed E-state index contributed by atoms with van der Waals surface area (Å²) in [5, 5.41) is 3.45. The van der Waals surface area contributed by atoms with Crippen molar-refractivity contribution in [3.63, 3.8) is 0 Å². The van der Waals surface area contributed by atoms with E-state index in [1.165, 1.54) is 31.4 Å². The van der Waals surface area contributed by atoms with E-state index >= 15 is 0 Å². The highest BCUT2D eigenvalue weighted by Gasteiger charge is 2.25. The highest BCUT2D eigenvalue weighted by molar-refractivity contribution is 7.92. The van der Waals surface area contributed by atoms with Crippen molar-refractivity contribution >= 4 is 32.2 Å². The third-order valence-electron chi connectivity index (χ3n) is 3.99. The zero-order valence-electron chi connectivity index (χ0n) is 14.9. The number of sulfone groups is 1. The van der Waals surface area contributed by atoms with Gasteiger partial charge in [0.25, 0.3) is 5.91 Å². The Morgan fingerprint density at radius 2 is 1.86 bits per heavy atom. The molecule has 1 N–H and O–H groups in total. The summed E-state index contributed by atoms with van der Waals surface area (Å²) in [5.41, 5.74) is 0.129. The molecular weight excluding hydrogens is 406 g/mol. The molecule has 0 aliphatic heterocycles. The summed E-state index contributed by atoms with van der Waals surface area (Å²) in [6.07, 6.45) is 0. The summed E-state index contributed by atoms with van der Waals surface area (Å²) in [7, 11) is -3.66. The molecule has 1 aromatic heterocycles. The Kier molecular flexibility index (Phi) is 5.57. The fraction of sp³-hybridized carbons (Fsp3) is 0.158. The van der Waals surface area contributed by atoms with Gasteiger partial charge < -0.3 is 0 Å². The molecule has 28 heavy (non-hydrogen) atoms. The number of aromatic nitrogens is 1. The first-order valence-corrected chi connectivity index (χ1v) is 10.7. The minimum absolute atomic E-state index is 0.00936. The van der Waals surface area contributed by atoms with Crippen LogP contribution >= 0.6 is 11.3 Å². The number of benzene rings is 2. The molecule has 0 fully saturated rings. The number of carbonyl (C=O) groups excluding carboxylic acids is 1. The zero-order valence-corrected chi connectivity index (χ0v) is 16.6. The van der Waals surface area contributed by atoms with Gasteiger partial charge in [0.15, 0.2) is 15.0 Å². The number of hydrogen-bond acceptors (Lipinski definition) is 5. The van der Waals surface area contributed by atoms with Crippen LogP contribution in [-0.4, -0.2) is 24.6 Å². The summed E-state index contributed by atoms with van der Waals surface area (Å²) in [5.74, 6) is -1.90. The molecule has 0 aliphatic carbocycles. The first-order chi connectivity index (χ1) is 13.2. The van der Waals surface area contributed by atoms with Crippen LogP contribution in [0.3, 0.4) is 0 Å². The number of nitrogens with zero attached hydrogens (tertiary/aromatic N) is 1. The van der Waals surface area contributed by atoms with Crippen LogP contribution in [-0.2, 0) is 9.84 Å². The molecule has 5 nitrogen and oxygen atoms in total. The molecule has 0 spiro atoms. The standard InChI is InChI=1S/C19H16F2N2O3S2/c1-11(2)28(25,26)17-6-4-3-5-13(17)18(24)23-19-22-16(10-27-19)14-9-12(20)7-8-15(14)21/h3-11H,1-2H3,(H,22,23,24). The molecule has 0 aliphatic rings. The number of halogens is 2. The molecule has 2 aromatic carbocycles. The Balaban J connectivity index is 1.90. The summed E-state index contributed by atoms with van der Waals surface area (Å²) >= 11 is 1.02. The second-order valence-corrected chi connectivity index (χ2v) is 9.54. The fourth-order valence-corrected chi connectivity index (χ4v) is 4.42. The van der Waals surface area contributed by atoms with E-state index < -0.39 is 32.6 Å². The van der Waals surface area contributed by atoms with Gasteiger partial charge in [-0.3, -0.25) is 10.1 Å². The molecule has 1 amide bonds. The van der Waals surface area contributed by atoms with Crippen LogP contribution in [0.15, 0.2) is 52.7 Å². The van der Waals surface area contributed by atoms with Gasteiger partial charge >= 0.3 is 0 Å². The Morgan fingerprint density at radius 1 is 1.14 bits per heavy atom. The van der Waals surface area contributed by atoms with Crippen molar-refractivity contribution in [2.45, 2.75) is 24.0 Å². The molecule has 0 atom stereocenters. The molecule has 3 aromatic rings. The van der Waals surface area contributed by atoms with Crippen LogP contribution in [0.1, 0.15) is 24.2 Å². The van der Waals surface area contributed by atoms with Gasteiger partial charge in [-0.2, -0.15) is 0 Å². The molecule has 0 unspecified atom stereocenters. The number of anilines is 1. The molecule has 0 bridgehead atoms. The molecule has 0 saturated heterocycles. The van der Waals surface area contributed by atoms with Gasteiger partial charge in [0, 0.05) is 10.9 Å². The minimum Gasteiger partial charge on any atom is -0.298 e. The van der Waals surface area contributed by atoms with Crippen molar-refractivity contribution < 1.29 is 22.0 Å². The van der Waals surface area contributed by atoms with E-state index in [2.05, 4.69) is 10.3 Å². The van der Waals surface area contributed by atoms with Crippen molar-refractivity contribution in [3.8, 4) is 11.3 Å². The molecule has 0 saturated carbocycles. The topological polar surface area (TPSA) is 76.1 Å². The van der Waals surface area contributed by atoms with E-state index in [1.54, 1.807) is 12.1 Å². The molecule has 146 valence electrons. The molecule has 9 heteroatoms. The number of nitrogens with one attached hydrogen (secondary N) is 1. The molecular formula is C19H16F2N2O3S2. The lowest BCUT2D eigenvalue weighted by Crippen LogP contribution is -2.20. The Labute approximate surface area is 165 Å². The van der Waals surface area contributed by atoms with E-state index in [4.69, 9.17) is 0 Å². The van der Waals surface area contributed by atoms with Gasteiger partial charge in [0.1, 0.15) is 11.6 Å². The first-order valence-electron chi connectivity index (χ1n) is 8.25. The summed E-state index contributed by atoms with van der Waals surface area (Å²) in [6.45, 7) is 3.06. The summed E-state index contributed by atoms with van der Waals surface area (Å²) in [4.78, 5) is 16.7. The highest BCUT2D eigenvalue weighted by Crippen LogP contribution is 2.28. The summed E-state index contributed by atoms with van der Waals surface area (Å²) < 4.78 is 52.3. The highest BCUT2D eigenvalue weighted by atomic mass is 32.2. The molecule has 1 heterocycles. The average molecular weight is 422 g/mol. The predicted molar refractivity (Wildman–Crippen MR) is 104 cm³/mol. The number of hydrogen-bond donors (Lipinski definition) is 1. The second-order valence-electron chi connectivity index (χ2n) is 6.21. The van der Waals surface area contributed by atoms with Gasteiger partial charge in [0.05, 0.1) is 21.4 Å². The van der Waals surface area contributed by atoms with E-state index in [0.717, 1.165) is 29.5 Å². The van der Waals surface area contributed by atoms with Crippen LogP contribution < -0.4 is 5.32 Å². The van der Waals surface area contributed by atoms with E-state index in [-0.39, 0.29) is 26.8 Å². The van der Waals surface area contributed by atoms with Crippen LogP contribution in [0.5, 0.6) is 0 Å². The number of amides is 1. The summed E-state index contributed by atoms with van der Waals surface area (Å²) in [6, 6.07) is 8.89. The lowest BCUT2D eigenvalue weighted by Gasteiger charge is -2.12. The Morgan fingerprint density at radius 3 is 2.57 bits per heavy atom. The van der Waals surface area contributed by atoms with Crippen LogP contribution in [0.25, 0.3) is 11.3 Å². The van der Waals surface area contributed by atoms with Gasteiger partial charge in [-0.25, -0.2) is 22.2 Å². The van der Waals surface area contributed by atoms with E-state index in [1.807, 2.05) is 0 Å². The lowest BCUT2D eigenvalue weighted by molar-refractivity contribution is 0.102. The molecule has 0 radical (unpaired) electrons. The third kappa shape index (κ3) is 3.95. The lowest BCUT2D eigenvalue weighted by atomic mass is 10.1. The number of rotatable bonds is 5. The first kappa shape index (κ1) is 20.1. The van der Waals surface area contributed by atoms with Gasteiger partial charge in [-0.05, 0) is 44.2 Å². The SMILES string of the molecule is CC(C)S(=O)(=O)c1ccccc1C(=O)Nc1nc(-c2cc(F)ccc2F)cs1. The fourth-order valence-electron chi connectivity index (χ4n) is 2.47. The second kappa shape index (κ2) is 7.76. The Hall–Kier alpha value is -2.65. The predicted octanol–water partition coefficient (Wildman–Crippen LogP) is 4.52. The maximum Gasteiger partial charge on any atom is 0.258 e. The van der Waals surface area contributed by atoms with Crippen molar-refractivity contribution in [1.82, 2.24) is 4.98 Å². The van der Waals surface area contributed by atoms with E-state index in [0.29, 0.717) is 0 Å². The quantitative estimate of drug-likeness (QED) is 0.656. The molecule has 3 rings (SSSR count). The maximum absolute atomic E-state index is 13.9. The normalized spacial score (nSPS) is 11.6. The van der Waals surface area contributed by atoms with Crippen LogP contribution in [0.2, 0.25) is 0 Å². The Bertz CT molecular complexity index is 1140. The van der Waals surface area contributed by atoms with Gasteiger partial charge in [-0.1, -0.05) is 12.1 Å². The number of carbonyl (C=O) groups is 1. The van der Waals surface area contributed by atoms with Crippen molar-refractivity contribution in [1.29, 1.82) is 0 Å². The number of thiazole rings is 1.